The molecule has 0 aliphatic heterocycles. The smallest absolute Gasteiger partial charge is 0.240 e. The van der Waals surface area contributed by atoms with E-state index in [1.165, 1.54) is 5.69 Å². The molecule has 2 atom stereocenters. The Kier molecular flexibility index (Phi) is 2.89. The molecule has 5 heteroatoms. The SMILES string of the molecule is Cn1ncc2c1CCCC2NC(=O)C(C)(N)C1CC1. The van der Waals surface area contributed by atoms with Crippen LogP contribution in [0.3, 0.4) is 0 Å². The van der Waals surface area contributed by atoms with E-state index in [9.17, 15) is 4.79 Å². The van der Waals surface area contributed by atoms with Gasteiger partial charge in [-0.05, 0) is 44.9 Å². The Balaban J connectivity index is 1.76. The van der Waals surface area contributed by atoms with Crippen molar-refractivity contribution in [1.29, 1.82) is 0 Å². The van der Waals surface area contributed by atoms with Gasteiger partial charge >= 0.3 is 0 Å². The minimum absolute atomic E-state index is 0.0169. The van der Waals surface area contributed by atoms with Gasteiger partial charge in [-0.1, -0.05) is 0 Å². The Bertz CT molecular complexity index is 502. The fourth-order valence-electron chi connectivity index (χ4n) is 3.04. The lowest BCUT2D eigenvalue weighted by Crippen LogP contribution is -2.54. The summed E-state index contributed by atoms with van der Waals surface area (Å²) in [5.74, 6) is 0.334. The molecule has 0 radical (unpaired) electrons. The molecule has 1 saturated carbocycles. The molecule has 2 aliphatic carbocycles. The van der Waals surface area contributed by atoms with Crippen molar-refractivity contribution in [3.05, 3.63) is 17.5 Å². The average Bonchev–Trinajstić information content (AvgIpc) is 3.16. The van der Waals surface area contributed by atoms with Crippen LogP contribution in [0.1, 0.15) is 49.9 Å². The van der Waals surface area contributed by atoms with Gasteiger partial charge in [0.15, 0.2) is 0 Å². The Morgan fingerprint density at radius 3 is 2.95 bits per heavy atom. The molecule has 0 aromatic carbocycles. The monoisotopic (exact) mass is 262 g/mol. The quantitative estimate of drug-likeness (QED) is 0.855. The van der Waals surface area contributed by atoms with Crippen molar-refractivity contribution in [1.82, 2.24) is 15.1 Å². The summed E-state index contributed by atoms with van der Waals surface area (Å²) in [6, 6.07) is 0.0755. The van der Waals surface area contributed by atoms with E-state index in [1.54, 1.807) is 0 Å². The van der Waals surface area contributed by atoms with E-state index in [0.29, 0.717) is 5.92 Å². The van der Waals surface area contributed by atoms with Gasteiger partial charge in [-0.2, -0.15) is 5.10 Å². The largest absolute Gasteiger partial charge is 0.348 e. The van der Waals surface area contributed by atoms with Gasteiger partial charge in [0.2, 0.25) is 5.91 Å². The van der Waals surface area contributed by atoms with Crippen LogP contribution in [0.25, 0.3) is 0 Å². The van der Waals surface area contributed by atoms with Crippen molar-refractivity contribution in [3.63, 3.8) is 0 Å². The summed E-state index contributed by atoms with van der Waals surface area (Å²) in [5.41, 5.74) is 7.85. The maximum atomic E-state index is 12.4. The average molecular weight is 262 g/mol. The van der Waals surface area contributed by atoms with Gasteiger partial charge in [0, 0.05) is 18.3 Å². The van der Waals surface area contributed by atoms with Crippen molar-refractivity contribution >= 4 is 5.91 Å². The molecule has 1 aromatic heterocycles. The second-order valence-corrected chi connectivity index (χ2v) is 6.15. The van der Waals surface area contributed by atoms with Crippen LogP contribution in [0, 0.1) is 5.92 Å². The third-order valence-electron chi connectivity index (χ3n) is 4.60. The summed E-state index contributed by atoms with van der Waals surface area (Å²) < 4.78 is 1.91. The lowest BCUT2D eigenvalue weighted by Gasteiger charge is -2.29. The first-order chi connectivity index (χ1) is 9.00. The first kappa shape index (κ1) is 12.7. The van der Waals surface area contributed by atoms with Gasteiger partial charge in [0.1, 0.15) is 0 Å². The highest BCUT2D eigenvalue weighted by atomic mass is 16.2. The number of carbonyl (C=O) groups excluding carboxylic acids is 1. The summed E-state index contributed by atoms with van der Waals surface area (Å²) in [6.07, 6.45) is 7.13. The topological polar surface area (TPSA) is 72.9 Å². The molecular formula is C14H22N4O. The molecule has 1 heterocycles. The molecular weight excluding hydrogens is 240 g/mol. The van der Waals surface area contributed by atoms with Gasteiger partial charge < -0.3 is 11.1 Å². The van der Waals surface area contributed by atoms with Gasteiger partial charge in [0.05, 0.1) is 17.8 Å². The summed E-state index contributed by atoms with van der Waals surface area (Å²) in [6.45, 7) is 1.85. The molecule has 0 saturated heterocycles. The molecule has 1 aromatic rings. The Hall–Kier alpha value is -1.36. The van der Waals surface area contributed by atoms with E-state index in [1.807, 2.05) is 24.9 Å². The number of hydrogen-bond donors (Lipinski definition) is 2. The Labute approximate surface area is 113 Å². The van der Waals surface area contributed by atoms with Crippen molar-refractivity contribution in [2.24, 2.45) is 18.7 Å². The highest BCUT2D eigenvalue weighted by Crippen LogP contribution is 2.39. The number of carbonyl (C=O) groups is 1. The van der Waals surface area contributed by atoms with Crippen LogP contribution in [0.2, 0.25) is 0 Å². The van der Waals surface area contributed by atoms with E-state index < -0.39 is 5.54 Å². The van der Waals surface area contributed by atoms with E-state index in [2.05, 4.69) is 10.4 Å². The molecule has 5 nitrogen and oxygen atoms in total. The standard InChI is InChI=1S/C14H22N4O/c1-14(15,9-6-7-9)13(19)17-11-4-3-5-12-10(11)8-16-18(12)2/h8-9,11H,3-7,15H2,1-2H3,(H,17,19). The van der Waals surface area contributed by atoms with Gasteiger partial charge in [-0.3, -0.25) is 9.48 Å². The zero-order valence-electron chi connectivity index (χ0n) is 11.6. The fourth-order valence-corrected chi connectivity index (χ4v) is 3.04. The minimum atomic E-state index is -0.722. The highest BCUT2D eigenvalue weighted by Gasteiger charge is 2.44. The third-order valence-corrected chi connectivity index (χ3v) is 4.60. The normalized spacial score (nSPS) is 25.5. The minimum Gasteiger partial charge on any atom is -0.348 e. The van der Waals surface area contributed by atoms with Crippen LogP contribution in [0.4, 0.5) is 0 Å². The predicted molar refractivity (Wildman–Crippen MR) is 72.3 cm³/mol. The highest BCUT2D eigenvalue weighted by molar-refractivity contribution is 5.86. The van der Waals surface area contributed by atoms with Crippen LogP contribution in [0.15, 0.2) is 6.20 Å². The number of nitrogens with zero attached hydrogens (tertiary/aromatic N) is 2. The van der Waals surface area contributed by atoms with Crippen LogP contribution in [-0.4, -0.2) is 21.2 Å². The lowest BCUT2D eigenvalue weighted by atomic mass is 9.90. The summed E-state index contributed by atoms with van der Waals surface area (Å²) in [4.78, 5) is 12.4. The number of fused-ring (bicyclic) bond motifs is 1. The number of nitrogens with two attached hydrogens (primary N) is 1. The van der Waals surface area contributed by atoms with Crippen LogP contribution >= 0.6 is 0 Å². The van der Waals surface area contributed by atoms with E-state index >= 15 is 0 Å². The number of aromatic nitrogens is 2. The molecule has 104 valence electrons. The molecule has 2 aliphatic rings. The summed E-state index contributed by atoms with van der Waals surface area (Å²) in [5, 5.41) is 7.43. The first-order valence-corrected chi connectivity index (χ1v) is 7.10. The molecule has 0 bridgehead atoms. The van der Waals surface area contributed by atoms with Crippen molar-refractivity contribution < 1.29 is 4.79 Å². The van der Waals surface area contributed by atoms with Gasteiger partial charge in [-0.15, -0.1) is 0 Å². The molecule has 0 spiro atoms. The molecule has 3 rings (SSSR count). The van der Waals surface area contributed by atoms with E-state index in [4.69, 9.17) is 5.73 Å². The molecule has 19 heavy (non-hydrogen) atoms. The number of aryl methyl sites for hydroxylation is 1. The van der Waals surface area contributed by atoms with Crippen LogP contribution < -0.4 is 11.1 Å². The zero-order valence-corrected chi connectivity index (χ0v) is 11.6. The molecule has 1 fully saturated rings. The predicted octanol–water partition coefficient (Wildman–Crippen LogP) is 1.04. The molecule has 1 amide bonds. The van der Waals surface area contributed by atoms with E-state index in [0.717, 1.165) is 37.7 Å². The van der Waals surface area contributed by atoms with Crippen molar-refractivity contribution in [3.8, 4) is 0 Å². The zero-order chi connectivity index (χ0) is 13.6. The third kappa shape index (κ3) is 2.16. The maximum absolute atomic E-state index is 12.4. The first-order valence-electron chi connectivity index (χ1n) is 7.10. The van der Waals surface area contributed by atoms with Crippen LogP contribution in [0.5, 0.6) is 0 Å². The number of nitrogens with one attached hydrogen (secondary N) is 1. The Morgan fingerprint density at radius 1 is 1.53 bits per heavy atom. The van der Waals surface area contributed by atoms with Crippen molar-refractivity contribution in [2.75, 3.05) is 0 Å². The second-order valence-electron chi connectivity index (χ2n) is 6.15. The lowest BCUT2D eigenvalue weighted by molar-refractivity contribution is -0.127. The Morgan fingerprint density at radius 2 is 2.26 bits per heavy atom. The van der Waals surface area contributed by atoms with Gasteiger partial charge in [0.25, 0.3) is 0 Å². The van der Waals surface area contributed by atoms with E-state index in [-0.39, 0.29) is 11.9 Å². The molecule has 2 unspecified atom stereocenters. The summed E-state index contributed by atoms with van der Waals surface area (Å²) in [7, 11) is 1.96. The number of amides is 1. The maximum Gasteiger partial charge on any atom is 0.240 e. The van der Waals surface area contributed by atoms with Gasteiger partial charge in [-0.25, -0.2) is 0 Å². The fraction of sp³-hybridized carbons (Fsp3) is 0.714. The molecule has 3 N–H and O–H groups in total. The summed E-state index contributed by atoms with van der Waals surface area (Å²) >= 11 is 0. The number of rotatable bonds is 3. The number of hydrogen-bond acceptors (Lipinski definition) is 3. The van der Waals surface area contributed by atoms with Crippen LogP contribution in [-0.2, 0) is 18.3 Å². The van der Waals surface area contributed by atoms with Crippen molar-refractivity contribution in [2.45, 2.75) is 50.6 Å². The second kappa shape index (κ2) is 4.34.